The van der Waals surface area contributed by atoms with Crippen LogP contribution < -0.4 is 4.80 Å². The molecule has 1 amide bonds. The molecule has 26 heavy (non-hydrogen) atoms. The molecule has 136 valence electrons. The minimum atomic E-state index is -0.171. The maximum atomic E-state index is 12.5. The lowest BCUT2D eigenvalue weighted by Crippen LogP contribution is -2.19. The summed E-state index contributed by atoms with van der Waals surface area (Å²) in [6.45, 7) is 1.22. The summed E-state index contributed by atoms with van der Waals surface area (Å²) in [5.74, 6) is -0.171. The van der Waals surface area contributed by atoms with E-state index in [1.807, 2.05) is 16.7 Å². The highest BCUT2D eigenvalue weighted by molar-refractivity contribution is 7.98. The van der Waals surface area contributed by atoms with Gasteiger partial charge in [-0.15, -0.1) is 11.8 Å². The first kappa shape index (κ1) is 19.2. The van der Waals surface area contributed by atoms with E-state index in [4.69, 9.17) is 16.3 Å². The van der Waals surface area contributed by atoms with E-state index in [0.717, 1.165) is 15.8 Å². The average molecular weight is 407 g/mol. The molecule has 4 nitrogen and oxygen atoms in total. The fraction of sp³-hybridized carbons (Fsp3) is 0.263. The summed E-state index contributed by atoms with van der Waals surface area (Å²) >= 11 is 9.12. The van der Waals surface area contributed by atoms with E-state index in [1.54, 1.807) is 31.0 Å². The number of thioether (sulfide) groups is 1. The lowest BCUT2D eigenvalue weighted by atomic mass is 10.1. The molecule has 0 fully saturated rings. The van der Waals surface area contributed by atoms with Gasteiger partial charge in [0.25, 0.3) is 5.91 Å². The molecule has 0 saturated carbocycles. The second-order valence-electron chi connectivity index (χ2n) is 5.67. The molecule has 2 aromatic carbocycles. The topological polar surface area (TPSA) is 43.6 Å². The highest BCUT2D eigenvalue weighted by Gasteiger charge is 2.09. The van der Waals surface area contributed by atoms with Crippen LogP contribution in [0.25, 0.3) is 10.2 Å². The summed E-state index contributed by atoms with van der Waals surface area (Å²) in [6, 6.07) is 13.6. The Bertz CT molecular complexity index is 977. The number of amides is 1. The second-order valence-corrected chi connectivity index (χ2v) is 8.00. The molecule has 0 bridgehead atoms. The van der Waals surface area contributed by atoms with Crippen molar-refractivity contribution < 1.29 is 9.53 Å². The van der Waals surface area contributed by atoms with Crippen molar-refractivity contribution in [1.82, 2.24) is 4.57 Å². The van der Waals surface area contributed by atoms with Gasteiger partial charge in [-0.2, -0.15) is 4.99 Å². The zero-order valence-corrected chi connectivity index (χ0v) is 17.0. The van der Waals surface area contributed by atoms with Crippen LogP contribution >= 0.6 is 34.7 Å². The van der Waals surface area contributed by atoms with Gasteiger partial charge in [-0.25, -0.2) is 0 Å². The molecule has 0 atom stereocenters. The van der Waals surface area contributed by atoms with E-state index >= 15 is 0 Å². The molecule has 1 aromatic heterocycles. The van der Waals surface area contributed by atoms with Crippen molar-refractivity contribution in [2.45, 2.75) is 17.9 Å². The van der Waals surface area contributed by atoms with Crippen molar-refractivity contribution in [1.29, 1.82) is 0 Å². The standard InChI is InChI=1S/C19H19ClN2O2S2/c1-24-10-9-22-16-8-7-15(25-2)12-17(16)26-19(22)21-18(23)11-13-3-5-14(20)6-4-13/h3-8,12H,9-11H2,1-2H3. The van der Waals surface area contributed by atoms with Gasteiger partial charge in [-0.1, -0.05) is 35.1 Å². The van der Waals surface area contributed by atoms with Crippen LogP contribution in [0.2, 0.25) is 5.02 Å². The van der Waals surface area contributed by atoms with Crippen LogP contribution in [0.3, 0.4) is 0 Å². The molecular weight excluding hydrogens is 388 g/mol. The summed E-state index contributed by atoms with van der Waals surface area (Å²) in [6.07, 6.45) is 2.31. The Morgan fingerprint density at radius 2 is 2.04 bits per heavy atom. The van der Waals surface area contributed by atoms with Crippen molar-refractivity contribution in [2.24, 2.45) is 4.99 Å². The predicted molar refractivity (Wildman–Crippen MR) is 109 cm³/mol. The molecule has 0 aliphatic heterocycles. The van der Waals surface area contributed by atoms with Crippen LogP contribution in [0.15, 0.2) is 52.4 Å². The minimum Gasteiger partial charge on any atom is -0.383 e. The van der Waals surface area contributed by atoms with Gasteiger partial charge in [0.05, 0.1) is 23.2 Å². The summed E-state index contributed by atoms with van der Waals surface area (Å²) in [5.41, 5.74) is 1.97. The Morgan fingerprint density at radius 3 is 2.73 bits per heavy atom. The quantitative estimate of drug-likeness (QED) is 0.570. The van der Waals surface area contributed by atoms with Crippen LogP contribution in [0, 0.1) is 0 Å². The first-order valence-electron chi connectivity index (χ1n) is 8.09. The monoisotopic (exact) mass is 406 g/mol. The minimum absolute atomic E-state index is 0.171. The van der Waals surface area contributed by atoms with Crippen LogP contribution in [0.1, 0.15) is 5.56 Å². The summed E-state index contributed by atoms with van der Waals surface area (Å²) in [4.78, 5) is 18.7. The number of halogens is 1. The average Bonchev–Trinajstić information content (AvgIpc) is 2.97. The molecule has 7 heteroatoms. The largest absolute Gasteiger partial charge is 0.383 e. The number of fused-ring (bicyclic) bond motifs is 1. The molecule has 3 aromatic rings. The van der Waals surface area contributed by atoms with Gasteiger partial charge in [0.2, 0.25) is 0 Å². The van der Waals surface area contributed by atoms with Crippen molar-refractivity contribution in [3.63, 3.8) is 0 Å². The number of ether oxygens (including phenoxy) is 1. The lowest BCUT2D eigenvalue weighted by molar-refractivity contribution is -0.117. The number of carbonyl (C=O) groups excluding carboxylic acids is 1. The molecule has 3 rings (SSSR count). The number of hydrogen-bond acceptors (Lipinski definition) is 4. The van der Waals surface area contributed by atoms with Crippen LogP contribution in [0.4, 0.5) is 0 Å². The van der Waals surface area contributed by atoms with Gasteiger partial charge >= 0.3 is 0 Å². The molecule has 1 heterocycles. The molecule has 0 spiro atoms. The Hall–Kier alpha value is -1.60. The second kappa shape index (κ2) is 8.86. The number of rotatable bonds is 6. The number of carbonyl (C=O) groups is 1. The maximum absolute atomic E-state index is 12.5. The van der Waals surface area contributed by atoms with Crippen LogP contribution in [-0.2, 0) is 22.5 Å². The van der Waals surface area contributed by atoms with E-state index in [9.17, 15) is 4.79 Å². The van der Waals surface area contributed by atoms with Gasteiger partial charge in [0.15, 0.2) is 4.80 Å². The number of hydrogen-bond donors (Lipinski definition) is 0. The van der Waals surface area contributed by atoms with Crippen molar-refractivity contribution >= 4 is 50.8 Å². The zero-order chi connectivity index (χ0) is 18.5. The van der Waals surface area contributed by atoms with Gasteiger partial charge in [0, 0.05) is 23.6 Å². The number of methoxy groups -OCH3 is 1. The third-order valence-electron chi connectivity index (χ3n) is 3.90. The number of thiazole rings is 1. The van der Waals surface area contributed by atoms with Gasteiger partial charge in [0.1, 0.15) is 0 Å². The van der Waals surface area contributed by atoms with Crippen LogP contribution in [-0.4, -0.2) is 30.4 Å². The van der Waals surface area contributed by atoms with E-state index < -0.39 is 0 Å². The molecule has 0 saturated heterocycles. The van der Waals surface area contributed by atoms with Crippen molar-refractivity contribution in [2.75, 3.05) is 20.0 Å². The Morgan fingerprint density at radius 1 is 1.27 bits per heavy atom. The molecular formula is C19H19ClN2O2S2. The first-order valence-corrected chi connectivity index (χ1v) is 10.5. The van der Waals surface area contributed by atoms with E-state index in [-0.39, 0.29) is 12.3 Å². The van der Waals surface area contributed by atoms with Crippen LogP contribution in [0.5, 0.6) is 0 Å². The smallest absolute Gasteiger partial charge is 0.252 e. The summed E-state index contributed by atoms with van der Waals surface area (Å²) in [7, 11) is 1.67. The Labute approximate surface area is 165 Å². The predicted octanol–water partition coefficient (Wildman–Crippen LogP) is 4.39. The normalized spacial score (nSPS) is 12.0. The Kier molecular flexibility index (Phi) is 6.53. The highest BCUT2D eigenvalue weighted by atomic mass is 35.5. The fourth-order valence-corrected chi connectivity index (χ4v) is 4.34. The molecule has 0 unspecified atom stereocenters. The first-order chi connectivity index (χ1) is 12.6. The highest BCUT2D eigenvalue weighted by Crippen LogP contribution is 2.24. The maximum Gasteiger partial charge on any atom is 0.252 e. The van der Waals surface area contributed by atoms with Crippen molar-refractivity contribution in [3.8, 4) is 0 Å². The third-order valence-corrected chi connectivity index (χ3v) is 5.92. The van der Waals surface area contributed by atoms with Crippen molar-refractivity contribution in [3.05, 3.63) is 57.9 Å². The third kappa shape index (κ3) is 4.57. The fourth-order valence-electron chi connectivity index (χ4n) is 2.59. The Balaban J connectivity index is 1.96. The van der Waals surface area contributed by atoms with E-state index in [0.29, 0.717) is 23.0 Å². The molecule has 0 aliphatic carbocycles. The lowest BCUT2D eigenvalue weighted by Gasteiger charge is -2.04. The summed E-state index contributed by atoms with van der Waals surface area (Å²) < 4.78 is 8.38. The molecule has 0 aliphatic rings. The van der Waals surface area contributed by atoms with E-state index in [1.165, 1.54) is 16.2 Å². The molecule has 0 N–H and O–H groups in total. The summed E-state index contributed by atoms with van der Waals surface area (Å²) in [5, 5.41) is 0.657. The molecule has 0 radical (unpaired) electrons. The van der Waals surface area contributed by atoms with E-state index in [2.05, 4.69) is 29.4 Å². The van der Waals surface area contributed by atoms with Gasteiger partial charge in [-0.3, -0.25) is 4.79 Å². The zero-order valence-electron chi connectivity index (χ0n) is 14.6. The van der Waals surface area contributed by atoms with Gasteiger partial charge in [-0.05, 0) is 42.2 Å². The number of aromatic nitrogens is 1. The van der Waals surface area contributed by atoms with Gasteiger partial charge < -0.3 is 9.30 Å². The SMILES string of the molecule is COCCn1c(=NC(=O)Cc2ccc(Cl)cc2)sc2cc(SC)ccc21. The number of benzene rings is 2. The number of nitrogens with zero attached hydrogens (tertiary/aromatic N) is 2.